The van der Waals surface area contributed by atoms with Crippen LogP contribution in [-0.2, 0) is 0 Å². The number of amides is 1. The number of hydrogen-bond acceptors (Lipinski definition) is 7. The van der Waals surface area contributed by atoms with Crippen LogP contribution in [0, 0.1) is 6.92 Å². The highest BCUT2D eigenvalue weighted by Crippen LogP contribution is 2.24. The van der Waals surface area contributed by atoms with Gasteiger partial charge in [0.25, 0.3) is 5.91 Å². The lowest BCUT2D eigenvalue weighted by atomic mass is 10.1. The summed E-state index contributed by atoms with van der Waals surface area (Å²) >= 11 is 0. The van der Waals surface area contributed by atoms with Crippen LogP contribution in [0.15, 0.2) is 42.7 Å². The first-order chi connectivity index (χ1) is 14.6. The van der Waals surface area contributed by atoms with Gasteiger partial charge in [0.15, 0.2) is 5.82 Å². The molecule has 0 radical (unpaired) electrons. The van der Waals surface area contributed by atoms with E-state index in [1.54, 1.807) is 43.3 Å². The quantitative estimate of drug-likeness (QED) is 0.638. The van der Waals surface area contributed by atoms with Crippen molar-refractivity contribution in [3.05, 3.63) is 54.1 Å². The van der Waals surface area contributed by atoms with Gasteiger partial charge in [0.1, 0.15) is 23.1 Å². The van der Waals surface area contributed by atoms with Crippen molar-refractivity contribution in [2.75, 3.05) is 45.3 Å². The van der Waals surface area contributed by atoms with Gasteiger partial charge in [0, 0.05) is 56.3 Å². The fraction of sp³-hybridized carbons (Fsp3) is 0.333. The van der Waals surface area contributed by atoms with Crippen LogP contribution in [-0.4, -0.2) is 71.0 Å². The van der Waals surface area contributed by atoms with Crippen LogP contribution in [0.3, 0.4) is 0 Å². The minimum Gasteiger partial charge on any atom is -0.497 e. The maximum atomic E-state index is 13.0. The van der Waals surface area contributed by atoms with Gasteiger partial charge in [-0.2, -0.15) is 5.10 Å². The number of aromatic nitrogens is 4. The summed E-state index contributed by atoms with van der Waals surface area (Å²) in [6, 6.07) is 9.01. The molecule has 0 atom stereocenters. The number of carbonyl (C=O) groups excluding carboxylic acids is 1. The average Bonchev–Trinajstić information content (AvgIpc) is 3.33. The van der Waals surface area contributed by atoms with E-state index in [-0.39, 0.29) is 5.91 Å². The number of benzene rings is 1. The van der Waals surface area contributed by atoms with E-state index < -0.39 is 0 Å². The summed E-state index contributed by atoms with van der Waals surface area (Å²) in [5.41, 5.74) is 0.554. The summed E-state index contributed by atoms with van der Waals surface area (Å²) in [5, 5.41) is 4.25. The Balaban J connectivity index is 1.47. The molecule has 0 bridgehead atoms. The molecular formula is C21H24N6O3. The number of piperazine rings is 1. The van der Waals surface area contributed by atoms with Gasteiger partial charge in [-0.15, -0.1) is 0 Å². The lowest BCUT2D eigenvalue weighted by Crippen LogP contribution is -2.49. The van der Waals surface area contributed by atoms with Crippen molar-refractivity contribution >= 4 is 11.7 Å². The van der Waals surface area contributed by atoms with Crippen molar-refractivity contribution in [1.29, 1.82) is 0 Å². The molecule has 0 saturated carbocycles. The van der Waals surface area contributed by atoms with Crippen LogP contribution < -0.4 is 14.4 Å². The zero-order valence-corrected chi connectivity index (χ0v) is 17.3. The highest BCUT2D eigenvalue weighted by molar-refractivity contribution is 5.95. The molecule has 30 heavy (non-hydrogen) atoms. The molecule has 9 heteroatoms. The van der Waals surface area contributed by atoms with E-state index in [4.69, 9.17) is 9.47 Å². The largest absolute Gasteiger partial charge is 0.497 e. The van der Waals surface area contributed by atoms with Crippen molar-refractivity contribution in [3.63, 3.8) is 0 Å². The third-order valence-electron chi connectivity index (χ3n) is 5.04. The topological polar surface area (TPSA) is 85.6 Å². The van der Waals surface area contributed by atoms with Gasteiger partial charge in [0.05, 0.1) is 14.2 Å². The second-order valence-corrected chi connectivity index (χ2v) is 6.96. The molecule has 1 aliphatic rings. The number of rotatable bonds is 5. The Labute approximate surface area is 174 Å². The van der Waals surface area contributed by atoms with Gasteiger partial charge < -0.3 is 19.3 Å². The normalized spacial score (nSPS) is 14.0. The molecule has 9 nitrogen and oxygen atoms in total. The summed E-state index contributed by atoms with van der Waals surface area (Å²) in [6.45, 7) is 4.42. The number of carbonyl (C=O) groups is 1. The molecule has 1 fully saturated rings. The van der Waals surface area contributed by atoms with E-state index in [0.29, 0.717) is 49.1 Å². The average molecular weight is 408 g/mol. The fourth-order valence-electron chi connectivity index (χ4n) is 3.47. The van der Waals surface area contributed by atoms with Gasteiger partial charge >= 0.3 is 0 Å². The van der Waals surface area contributed by atoms with Crippen LogP contribution in [0.1, 0.15) is 16.2 Å². The summed E-state index contributed by atoms with van der Waals surface area (Å²) in [7, 11) is 3.14. The second-order valence-electron chi connectivity index (χ2n) is 6.96. The van der Waals surface area contributed by atoms with Crippen molar-refractivity contribution in [3.8, 4) is 17.3 Å². The molecule has 0 N–H and O–H groups in total. The maximum Gasteiger partial charge on any atom is 0.254 e. The minimum absolute atomic E-state index is 0.0389. The van der Waals surface area contributed by atoms with Gasteiger partial charge in [-0.3, -0.25) is 4.79 Å². The molecular weight excluding hydrogens is 384 g/mol. The monoisotopic (exact) mass is 408 g/mol. The molecule has 1 aromatic carbocycles. The Morgan fingerprint density at radius 1 is 0.933 bits per heavy atom. The number of hydrogen-bond donors (Lipinski definition) is 0. The van der Waals surface area contributed by atoms with Gasteiger partial charge in [-0.25, -0.2) is 14.6 Å². The highest BCUT2D eigenvalue weighted by atomic mass is 16.5. The molecule has 1 amide bonds. The van der Waals surface area contributed by atoms with Crippen LogP contribution in [0.5, 0.6) is 11.5 Å². The molecule has 1 saturated heterocycles. The SMILES string of the molecule is COc1cc(OC)cc(C(=O)N2CCN(c3cc(-n4cccn4)nc(C)n3)CC2)c1. The lowest BCUT2D eigenvalue weighted by Gasteiger charge is -2.35. The Bertz CT molecular complexity index is 1010. The number of nitrogens with zero attached hydrogens (tertiary/aromatic N) is 6. The third-order valence-corrected chi connectivity index (χ3v) is 5.04. The molecule has 0 aliphatic carbocycles. The molecule has 156 valence electrons. The smallest absolute Gasteiger partial charge is 0.254 e. The Morgan fingerprint density at radius 3 is 2.20 bits per heavy atom. The maximum absolute atomic E-state index is 13.0. The lowest BCUT2D eigenvalue weighted by molar-refractivity contribution is 0.0745. The van der Waals surface area contributed by atoms with Crippen LogP contribution >= 0.6 is 0 Å². The second kappa shape index (κ2) is 8.40. The number of methoxy groups -OCH3 is 2. The molecule has 1 aliphatic heterocycles. The zero-order chi connectivity index (χ0) is 21.1. The highest BCUT2D eigenvalue weighted by Gasteiger charge is 2.24. The molecule has 2 aromatic heterocycles. The number of aryl methyl sites for hydroxylation is 1. The Kier molecular flexibility index (Phi) is 5.51. The van der Waals surface area contributed by atoms with Crippen molar-refractivity contribution < 1.29 is 14.3 Å². The summed E-state index contributed by atoms with van der Waals surface area (Å²) in [6.07, 6.45) is 3.57. The van der Waals surface area contributed by atoms with E-state index >= 15 is 0 Å². The van der Waals surface area contributed by atoms with E-state index in [1.165, 1.54) is 0 Å². The zero-order valence-electron chi connectivity index (χ0n) is 17.3. The van der Waals surface area contributed by atoms with Crippen LogP contribution in [0.2, 0.25) is 0 Å². The van der Waals surface area contributed by atoms with E-state index in [2.05, 4.69) is 20.0 Å². The first kappa shape index (κ1) is 19.7. The standard InChI is InChI=1S/C21H24N6O3/c1-15-23-19(14-20(24-15)27-6-4-5-22-27)25-7-9-26(10-8-25)21(28)16-11-17(29-2)13-18(12-16)30-3/h4-6,11-14H,7-10H2,1-3H3. The van der Waals surface area contributed by atoms with E-state index in [0.717, 1.165) is 11.6 Å². The Morgan fingerprint density at radius 2 is 1.60 bits per heavy atom. The molecule has 3 heterocycles. The van der Waals surface area contributed by atoms with Crippen LogP contribution in [0.25, 0.3) is 5.82 Å². The number of ether oxygens (including phenoxy) is 2. The minimum atomic E-state index is -0.0389. The predicted molar refractivity (Wildman–Crippen MR) is 112 cm³/mol. The first-order valence-electron chi connectivity index (χ1n) is 9.70. The predicted octanol–water partition coefficient (Wildman–Crippen LogP) is 1.95. The van der Waals surface area contributed by atoms with Gasteiger partial charge in [-0.05, 0) is 25.1 Å². The summed E-state index contributed by atoms with van der Waals surface area (Å²) in [4.78, 5) is 26.0. The van der Waals surface area contributed by atoms with Crippen molar-refractivity contribution in [2.45, 2.75) is 6.92 Å². The summed E-state index contributed by atoms with van der Waals surface area (Å²) in [5.74, 6) is 3.40. The molecule has 4 rings (SSSR count). The van der Waals surface area contributed by atoms with E-state index in [1.807, 2.05) is 30.2 Å². The van der Waals surface area contributed by atoms with Crippen LogP contribution in [0.4, 0.5) is 5.82 Å². The van der Waals surface area contributed by atoms with Gasteiger partial charge in [-0.1, -0.05) is 0 Å². The Hall–Kier alpha value is -3.62. The molecule has 0 spiro atoms. The third kappa shape index (κ3) is 4.05. The fourth-order valence-corrected chi connectivity index (χ4v) is 3.47. The first-order valence-corrected chi connectivity index (χ1v) is 9.70. The van der Waals surface area contributed by atoms with Gasteiger partial charge in [0.2, 0.25) is 0 Å². The molecule has 3 aromatic rings. The summed E-state index contributed by atoms with van der Waals surface area (Å²) < 4.78 is 12.3. The van der Waals surface area contributed by atoms with Crippen molar-refractivity contribution in [2.24, 2.45) is 0 Å². The number of anilines is 1. The van der Waals surface area contributed by atoms with E-state index in [9.17, 15) is 4.79 Å². The van der Waals surface area contributed by atoms with Crippen molar-refractivity contribution in [1.82, 2.24) is 24.6 Å². The molecule has 0 unspecified atom stereocenters.